The number of ether oxygens (including phenoxy) is 1. The fraction of sp³-hybridized carbons (Fsp3) is 0.556. The third kappa shape index (κ3) is 2.75. The third-order valence-electron chi connectivity index (χ3n) is 5.26. The number of hydrogen-bond acceptors (Lipinski definition) is 5. The van der Waals surface area contributed by atoms with Crippen LogP contribution in [0.1, 0.15) is 19.3 Å². The van der Waals surface area contributed by atoms with Crippen molar-refractivity contribution in [1.29, 1.82) is 0 Å². The van der Waals surface area contributed by atoms with Crippen LogP contribution < -0.4 is 9.64 Å². The molecule has 0 aromatic heterocycles. The minimum atomic E-state index is -0.240. The van der Waals surface area contributed by atoms with Gasteiger partial charge in [0.1, 0.15) is 5.75 Å². The molecule has 2 amide bonds. The average Bonchev–Trinajstić information content (AvgIpc) is 3.40. The number of amides is 2. The summed E-state index contributed by atoms with van der Waals surface area (Å²) in [5.41, 5.74) is 1.17. The molecule has 2 heterocycles. The van der Waals surface area contributed by atoms with Gasteiger partial charge in [-0.05, 0) is 37.1 Å². The van der Waals surface area contributed by atoms with Crippen molar-refractivity contribution in [1.82, 2.24) is 9.80 Å². The van der Waals surface area contributed by atoms with Gasteiger partial charge in [0.2, 0.25) is 11.8 Å². The molecule has 3 aliphatic rings. The van der Waals surface area contributed by atoms with Gasteiger partial charge >= 0.3 is 0 Å². The highest BCUT2D eigenvalue weighted by Gasteiger charge is 2.48. The van der Waals surface area contributed by atoms with Gasteiger partial charge in [0.05, 0.1) is 19.6 Å². The number of methoxy groups -OCH3 is 1. The predicted molar refractivity (Wildman–Crippen MR) is 90.1 cm³/mol. The van der Waals surface area contributed by atoms with E-state index in [2.05, 4.69) is 21.9 Å². The summed E-state index contributed by atoms with van der Waals surface area (Å²) < 4.78 is 5.20. The fourth-order valence-electron chi connectivity index (χ4n) is 3.72. The number of carbonyl (C=O) groups excluding carboxylic acids is 2. The van der Waals surface area contributed by atoms with Crippen LogP contribution in [-0.2, 0) is 9.59 Å². The van der Waals surface area contributed by atoms with E-state index >= 15 is 0 Å². The van der Waals surface area contributed by atoms with Gasteiger partial charge in [-0.2, -0.15) is 0 Å². The maximum absolute atomic E-state index is 12.6. The Morgan fingerprint density at radius 1 is 1.00 bits per heavy atom. The van der Waals surface area contributed by atoms with Crippen LogP contribution in [0.5, 0.6) is 5.75 Å². The largest absolute Gasteiger partial charge is 0.497 e. The molecule has 0 unspecified atom stereocenters. The summed E-state index contributed by atoms with van der Waals surface area (Å²) in [5, 5.41) is 0. The van der Waals surface area contributed by atoms with E-state index in [-0.39, 0.29) is 23.9 Å². The Bertz CT molecular complexity index is 633. The summed E-state index contributed by atoms with van der Waals surface area (Å²) in [7, 11) is 1.67. The molecule has 2 aliphatic heterocycles. The molecule has 2 saturated heterocycles. The van der Waals surface area contributed by atoms with Crippen LogP contribution in [0.4, 0.5) is 5.69 Å². The highest BCUT2D eigenvalue weighted by Crippen LogP contribution is 2.33. The van der Waals surface area contributed by atoms with Crippen molar-refractivity contribution in [2.75, 3.05) is 38.2 Å². The second-order valence-corrected chi connectivity index (χ2v) is 6.77. The van der Waals surface area contributed by atoms with Gasteiger partial charge < -0.3 is 9.64 Å². The van der Waals surface area contributed by atoms with Gasteiger partial charge in [0, 0.05) is 37.9 Å². The summed E-state index contributed by atoms with van der Waals surface area (Å²) in [6, 6.07) is 8.01. The van der Waals surface area contributed by atoms with E-state index in [1.807, 2.05) is 12.1 Å². The van der Waals surface area contributed by atoms with Crippen LogP contribution in [0.2, 0.25) is 0 Å². The summed E-state index contributed by atoms with van der Waals surface area (Å²) in [6.45, 7) is 3.36. The molecule has 1 aromatic rings. The van der Waals surface area contributed by atoms with Crippen molar-refractivity contribution < 1.29 is 14.3 Å². The first-order chi connectivity index (χ1) is 11.7. The molecule has 3 fully saturated rings. The number of likely N-dealkylation sites (tertiary alicyclic amines) is 1. The molecule has 128 valence electrons. The number of imide groups is 1. The Morgan fingerprint density at radius 2 is 1.67 bits per heavy atom. The van der Waals surface area contributed by atoms with Gasteiger partial charge in [-0.3, -0.25) is 19.4 Å². The van der Waals surface area contributed by atoms with Crippen LogP contribution in [0.25, 0.3) is 0 Å². The molecule has 1 aliphatic carbocycles. The highest BCUT2D eigenvalue weighted by molar-refractivity contribution is 6.06. The molecule has 1 atom stereocenters. The minimum absolute atomic E-state index is 0.0186. The average molecular weight is 329 g/mol. The molecule has 4 rings (SSSR count). The minimum Gasteiger partial charge on any atom is -0.497 e. The quantitative estimate of drug-likeness (QED) is 0.775. The van der Waals surface area contributed by atoms with Gasteiger partial charge in [0.25, 0.3) is 0 Å². The number of benzene rings is 1. The predicted octanol–water partition coefficient (Wildman–Crippen LogP) is 1.11. The Kier molecular flexibility index (Phi) is 3.92. The van der Waals surface area contributed by atoms with Crippen molar-refractivity contribution in [2.24, 2.45) is 0 Å². The molecule has 0 spiro atoms. The normalized spacial score (nSPS) is 25.5. The Hall–Kier alpha value is -2.08. The molecule has 24 heavy (non-hydrogen) atoms. The molecular weight excluding hydrogens is 306 g/mol. The number of piperazine rings is 1. The number of rotatable bonds is 4. The van der Waals surface area contributed by atoms with E-state index in [1.54, 1.807) is 7.11 Å². The number of hydrogen-bond donors (Lipinski definition) is 0. The molecule has 6 heteroatoms. The molecule has 1 saturated carbocycles. The van der Waals surface area contributed by atoms with E-state index in [9.17, 15) is 9.59 Å². The van der Waals surface area contributed by atoms with Crippen molar-refractivity contribution in [2.45, 2.75) is 31.3 Å². The lowest BCUT2D eigenvalue weighted by Crippen LogP contribution is -2.52. The summed E-state index contributed by atoms with van der Waals surface area (Å²) >= 11 is 0. The summed E-state index contributed by atoms with van der Waals surface area (Å²) in [5.74, 6) is 0.901. The second-order valence-electron chi connectivity index (χ2n) is 6.77. The third-order valence-corrected chi connectivity index (χ3v) is 5.26. The lowest BCUT2D eigenvalue weighted by atomic mass is 10.1. The van der Waals surface area contributed by atoms with Crippen LogP contribution >= 0.6 is 0 Å². The van der Waals surface area contributed by atoms with E-state index in [0.29, 0.717) is 6.42 Å². The van der Waals surface area contributed by atoms with E-state index in [1.165, 1.54) is 10.6 Å². The smallest absolute Gasteiger partial charge is 0.247 e. The van der Waals surface area contributed by atoms with Gasteiger partial charge in [-0.1, -0.05) is 0 Å². The molecule has 0 radical (unpaired) electrons. The number of nitrogens with zero attached hydrogens (tertiary/aromatic N) is 3. The van der Waals surface area contributed by atoms with Crippen LogP contribution in [0, 0.1) is 0 Å². The number of carbonyl (C=O) groups is 2. The monoisotopic (exact) mass is 329 g/mol. The SMILES string of the molecule is COc1ccc(N2CCN([C@H]3CC(=O)N(C4CC4)C3=O)CC2)cc1. The molecular formula is C18H23N3O3. The maximum Gasteiger partial charge on any atom is 0.247 e. The van der Waals surface area contributed by atoms with E-state index in [0.717, 1.165) is 44.8 Å². The van der Waals surface area contributed by atoms with Crippen molar-refractivity contribution >= 4 is 17.5 Å². The highest BCUT2D eigenvalue weighted by atomic mass is 16.5. The second kappa shape index (κ2) is 6.09. The Morgan fingerprint density at radius 3 is 2.25 bits per heavy atom. The topological polar surface area (TPSA) is 53.1 Å². The molecule has 0 bridgehead atoms. The fourth-order valence-corrected chi connectivity index (χ4v) is 3.72. The maximum atomic E-state index is 12.6. The standard InChI is InChI=1S/C18H23N3O3/c1-24-15-6-4-13(5-7-15)19-8-10-20(11-9-19)16-12-17(22)21(18(16)23)14-2-3-14/h4-7,14,16H,2-3,8-12H2,1H3/t16-/m0/s1. The van der Waals surface area contributed by atoms with Gasteiger partial charge in [-0.25, -0.2) is 0 Å². The van der Waals surface area contributed by atoms with Crippen LogP contribution in [-0.4, -0.2) is 67.0 Å². The van der Waals surface area contributed by atoms with E-state index in [4.69, 9.17) is 4.74 Å². The first-order valence-corrected chi connectivity index (χ1v) is 8.66. The zero-order valence-electron chi connectivity index (χ0n) is 14.0. The summed E-state index contributed by atoms with van der Waals surface area (Å²) in [6.07, 6.45) is 2.32. The van der Waals surface area contributed by atoms with Crippen LogP contribution in [0.15, 0.2) is 24.3 Å². The zero-order chi connectivity index (χ0) is 16.7. The van der Waals surface area contributed by atoms with E-state index < -0.39 is 0 Å². The summed E-state index contributed by atoms with van der Waals surface area (Å²) in [4.78, 5) is 30.7. The first-order valence-electron chi connectivity index (χ1n) is 8.66. The van der Waals surface area contributed by atoms with Crippen molar-refractivity contribution in [3.63, 3.8) is 0 Å². The zero-order valence-corrected chi connectivity index (χ0v) is 14.0. The number of anilines is 1. The van der Waals surface area contributed by atoms with Gasteiger partial charge in [-0.15, -0.1) is 0 Å². The molecule has 0 N–H and O–H groups in total. The lowest BCUT2D eigenvalue weighted by Gasteiger charge is -2.38. The van der Waals surface area contributed by atoms with Crippen molar-refractivity contribution in [3.05, 3.63) is 24.3 Å². The Balaban J connectivity index is 1.37. The molecule has 6 nitrogen and oxygen atoms in total. The Labute approximate surface area is 142 Å². The first kappa shape index (κ1) is 15.4. The lowest BCUT2D eigenvalue weighted by molar-refractivity contribution is -0.140. The van der Waals surface area contributed by atoms with Crippen LogP contribution in [0.3, 0.4) is 0 Å². The molecule has 1 aromatic carbocycles. The van der Waals surface area contributed by atoms with Gasteiger partial charge in [0.15, 0.2) is 0 Å². The van der Waals surface area contributed by atoms with Crippen molar-refractivity contribution in [3.8, 4) is 5.75 Å².